The van der Waals surface area contributed by atoms with Crippen molar-refractivity contribution in [3.8, 4) is 17.3 Å². The fourth-order valence-corrected chi connectivity index (χ4v) is 3.94. The summed E-state index contributed by atoms with van der Waals surface area (Å²) in [5.74, 6) is -0.348. The third-order valence-corrected chi connectivity index (χ3v) is 5.55. The summed E-state index contributed by atoms with van der Waals surface area (Å²) in [7, 11) is 1.74. The number of nitrogens with one attached hydrogen (secondary N) is 1. The van der Waals surface area contributed by atoms with Crippen LogP contribution in [0.25, 0.3) is 11.3 Å². The van der Waals surface area contributed by atoms with Crippen LogP contribution in [0.4, 0.5) is 0 Å². The molecule has 2 aromatic rings. The maximum Gasteiger partial charge on any atom is 0.251 e. The zero-order chi connectivity index (χ0) is 19.7. The van der Waals surface area contributed by atoms with Crippen LogP contribution in [0.2, 0.25) is 0 Å². The molecule has 6 heteroatoms. The minimum atomic E-state index is -0.474. The Morgan fingerprint density at radius 2 is 2.11 bits per heavy atom. The Labute approximate surface area is 164 Å². The first-order valence-corrected chi connectivity index (χ1v) is 9.66. The van der Waals surface area contributed by atoms with Crippen molar-refractivity contribution in [1.82, 2.24) is 15.2 Å². The molecule has 4 rings (SSSR count). The highest BCUT2D eigenvalue weighted by molar-refractivity contribution is 5.98. The summed E-state index contributed by atoms with van der Waals surface area (Å²) in [5.41, 5.74) is 4.56. The number of carbonyl (C=O) groups excluding carboxylic acids is 2. The van der Waals surface area contributed by atoms with Gasteiger partial charge in [0.25, 0.3) is 5.91 Å². The zero-order valence-corrected chi connectivity index (χ0v) is 15.9. The molecule has 28 heavy (non-hydrogen) atoms. The number of likely N-dealkylation sites (tertiary alicyclic amines) is 1. The second kappa shape index (κ2) is 7.43. The maximum atomic E-state index is 12.7. The predicted molar refractivity (Wildman–Crippen MR) is 105 cm³/mol. The van der Waals surface area contributed by atoms with E-state index in [0.717, 1.165) is 42.5 Å². The highest BCUT2D eigenvalue weighted by atomic mass is 16.2. The lowest BCUT2D eigenvalue weighted by atomic mass is 9.93. The molecule has 1 N–H and O–H groups in total. The number of aryl methyl sites for hydroxylation is 2. The number of hydrogen-bond donors (Lipinski definition) is 1. The lowest BCUT2D eigenvalue weighted by Crippen LogP contribution is -2.40. The van der Waals surface area contributed by atoms with Crippen molar-refractivity contribution in [1.29, 1.82) is 5.26 Å². The predicted octanol–water partition coefficient (Wildman–Crippen LogP) is 2.46. The number of amides is 2. The summed E-state index contributed by atoms with van der Waals surface area (Å²) in [6, 6.07) is 10.8. The van der Waals surface area contributed by atoms with Crippen molar-refractivity contribution in [3.05, 3.63) is 52.7 Å². The summed E-state index contributed by atoms with van der Waals surface area (Å²) < 4.78 is 0. The number of rotatable bonds is 3. The number of hydrogen-bond acceptors (Lipinski definition) is 4. The summed E-state index contributed by atoms with van der Waals surface area (Å²) >= 11 is 0. The van der Waals surface area contributed by atoms with Crippen molar-refractivity contribution in [3.63, 3.8) is 0 Å². The van der Waals surface area contributed by atoms with Crippen molar-refractivity contribution in [2.75, 3.05) is 13.6 Å². The molecule has 1 aliphatic carbocycles. The third kappa shape index (κ3) is 3.36. The molecule has 1 saturated heterocycles. The molecule has 0 radical (unpaired) electrons. The van der Waals surface area contributed by atoms with Crippen LogP contribution in [-0.2, 0) is 17.6 Å². The molecule has 2 aliphatic rings. The first kappa shape index (κ1) is 18.2. The molecule has 1 aliphatic heterocycles. The van der Waals surface area contributed by atoms with Gasteiger partial charge >= 0.3 is 0 Å². The fourth-order valence-electron chi connectivity index (χ4n) is 3.94. The largest absolute Gasteiger partial charge is 0.344 e. The number of fused-ring (bicyclic) bond motifs is 1. The molecule has 2 amide bonds. The van der Waals surface area contributed by atoms with Crippen molar-refractivity contribution < 1.29 is 9.59 Å². The Kier molecular flexibility index (Phi) is 4.82. The first-order valence-electron chi connectivity index (χ1n) is 9.66. The number of aromatic nitrogens is 1. The summed E-state index contributed by atoms with van der Waals surface area (Å²) in [6.45, 7) is 0.647. The highest BCUT2D eigenvalue weighted by Crippen LogP contribution is 2.28. The summed E-state index contributed by atoms with van der Waals surface area (Å²) in [6.07, 6.45) is 4.74. The molecule has 142 valence electrons. The normalized spacial score (nSPS) is 18.5. The standard InChI is InChI=1S/C22H22N4O2/c1-26-10-9-19(22(26)28)25-21(27)16-7-4-6-15(12-16)20-17(13-23)11-14-5-2-3-8-18(14)24-20/h4,6-7,11-12,19H,2-3,5,8-10H2,1H3,(H,25,27)/t19-/m0/s1. The van der Waals surface area contributed by atoms with E-state index in [9.17, 15) is 14.9 Å². The minimum absolute atomic E-state index is 0.0624. The molecule has 1 aromatic carbocycles. The van der Waals surface area contributed by atoms with E-state index in [1.807, 2.05) is 12.1 Å². The van der Waals surface area contributed by atoms with Gasteiger partial charge in [0.15, 0.2) is 0 Å². The molecule has 0 saturated carbocycles. The maximum absolute atomic E-state index is 12.7. The molecular formula is C22H22N4O2. The smallest absolute Gasteiger partial charge is 0.251 e. The SMILES string of the molecule is CN1CC[C@H](NC(=O)c2cccc(-c3nc4c(cc3C#N)CCCC4)c2)C1=O. The second-order valence-corrected chi connectivity index (χ2v) is 7.46. The molecule has 1 aromatic heterocycles. The molecular weight excluding hydrogens is 352 g/mol. The van der Waals surface area contributed by atoms with Gasteiger partial charge in [0, 0.05) is 30.4 Å². The number of carbonyl (C=O) groups is 2. The number of benzene rings is 1. The van der Waals surface area contributed by atoms with Gasteiger partial charge in [-0.1, -0.05) is 12.1 Å². The summed E-state index contributed by atoms with van der Waals surface area (Å²) in [4.78, 5) is 31.1. The van der Waals surface area contributed by atoms with Crippen LogP contribution in [0.3, 0.4) is 0 Å². The van der Waals surface area contributed by atoms with E-state index in [1.54, 1.807) is 30.1 Å². The van der Waals surface area contributed by atoms with E-state index in [1.165, 1.54) is 0 Å². The van der Waals surface area contributed by atoms with E-state index in [0.29, 0.717) is 29.8 Å². The quantitative estimate of drug-likeness (QED) is 0.894. The van der Waals surface area contributed by atoms with Gasteiger partial charge in [-0.15, -0.1) is 0 Å². The second-order valence-electron chi connectivity index (χ2n) is 7.46. The van der Waals surface area contributed by atoms with E-state index in [4.69, 9.17) is 4.98 Å². The Bertz CT molecular complexity index is 993. The molecule has 1 atom stereocenters. The topological polar surface area (TPSA) is 86.1 Å². The molecule has 0 spiro atoms. The van der Waals surface area contributed by atoms with Gasteiger partial charge in [0.2, 0.25) is 5.91 Å². The van der Waals surface area contributed by atoms with Crippen LogP contribution in [0.15, 0.2) is 30.3 Å². The van der Waals surface area contributed by atoms with Gasteiger partial charge in [-0.2, -0.15) is 5.26 Å². The van der Waals surface area contributed by atoms with Crippen LogP contribution in [-0.4, -0.2) is 41.3 Å². The number of nitrogens with zero attached hydrogens (tertiary/aromatic N) is 3. The van der Waals surface area contributed by atoms with Gasteiger partial charge in [-0.05, 0) is 55.9 Å². The number of nitriles is 1. The van der Waals surface area contributed by atoms with Gasteiger partial charge in [-0.25, -0.2) is 0 Å². The van der Waals surface area contributed by atoms with Crippen LogP contribution >= 0.6 is 0 Å². The number of pyridine rings is 1. The average Bonchev–Trinajstić information content (AvgIpc) is 3.05. The Morgan fingerprint density at radius 3 is 2.86 bits per heavy atom. The minimum Gasteiger partial charge on any atom is -0.344 e. The van der Waals surface area contributed by atoms with Gasteiger partial charge in [0.1, 0.15) is 12.1 Å². The Hall–Kier alpha value is -3.20. The molecule has 6 nitrogen and oxygen atoms in total. The van der Waals surface area contributed by atoms with Crippen LogP contribution < -0.4 is 5.32 Å². The molecule has 0 unspecified atom stereocenters. The monoisotopic (exact) mass is 374 g/mol. The highest BCUT2D eigenvalue weighted by Gasteiger charge is 2.30. The average molecular weight is 374 g/mol. The van der Waals surface area contributed by atoms with E-state index >= 15 is 0 Å². The lowest BCUT2D eigenvalue weighted by molar-refractivity contribution is -0.128. The summed E-state index contributed by atoms with van der Waals surface area (Å²) in [5, 5.41) is 12.4. The molecule has 0 bridgehead atoms. The van der Waals surface area contributed by atoms with E-state index in [2.05, 4.69) is 11.4 Å². The van der Waals surface area contributed by atoms with Crippen molar-refractivity contribution >= 4 is 11.8 Å². The van der Waals surface area contributed by atoms with Crippen LogP contribution in [0.5, 0.6) is 0 Å². The van der Waals surface area contributed by atoms with Gasteiger partial charge in [-0.3, -0.25) is 14.6 Å². The van der Waals surface area contributed by atoms with E-state index in [-0.39, 0.29) is 11.8 Å². The lowest BCUT2D eigenvalue weighted by Gasteiger charge is -2.17. The Balaban J connectivity index is 1.63. The van der Waals surface area contributed by atoms with Crippen molar-refractivity contribution in [2.45, 2.75) is 38.1 Å². The third-order valence-electron chi connectivity index (χ3n) is 5.55. The van der Waals surface area contributed by atoms with Crippen LogP contribution in [0.1, 0.15) is 46.4 Å². The first-order chi connectivity index (χ1) is 13.6. The van der Waals surface area contributed by atoms with Gasteiger partial charge in [0.05, 0.1) is 11.3 Å². The van der Waals surface area contributed by atoms with Crippen molar-refractivity contribution in [2.24, 2.45) is 0 Å². The molecule has 2 heterocycles. The molecule has 1 fully saturated rings. The fraction of sp³-hybridized carbons (Fsp3) is 0.364. The Morgan fingerprint density at radius 1 is 1.29 bits per heavy atom. The number of likely N-dealkylation sites (N-methyl/N-ethyl adjacent to an activating group) is 1. The zero-order valence-electron chi connectivity index (χ0n) is 15.9. The van der Waals surface area contributed by atoms with Crippen LogP contribution in [0, 0.1) is 11.3 Å². The van der Waals surface area contributed by atoms with E-state index < -0.39 is 6.04 Å². The van der Waals surface area contributed by atoms with Gasteiger partial charge < -0.3 is 10.2 Å².